The van der Waals surface area contributed by atoms with Gasteiger partial charge in [-0.1, -0.05) is 17.4 Å². The van der Waals surface area contributed by atoms with Crippen molar-refractivity contribution in [1.82, 2.24) is 9.13 Å². The van der Waals surface area contributed by atoms with Crippen molar-refractivity contribution in [3.63, 3.8) is 0 Å². The summed E-state index contributed by atoms with van der Waals surface area (Å²) < 4.78 is 20.7. The average molecular weight is 679 g/mol. The Balaban J connectivity index is 1.63. The summed E-state index contributed by atoms with van der Waals surface area (Å²) in [5.41, 5.74) is 5.39. The van der Waals surface area contributed by atoms with Gasteiger partial charge in [-0.15, -0.1) is 0 Å². The van der Waals surface area contributed by atoms with Gasteiger partial charge >= 0.3 is 11.9 Å². The smallest absolute Gasteiger partial charge is 0.338 e. The number of allylic oxidation sites excluding steroid dienone is 1. The van der Waals surface area contributed by atoms with Crippen LogP contribution in [0.5, 0.6) is 5.75 Å². The Morgan fingerprint density at radius 3 is 2.32 bits per heavy atom. The number of aryl methyl sites for hydroxylation is 1. The molecule has 2 aromatic carbocycles. The van der Waals surface area contributed by atoms with E-state index in [4.69, 9.17) is 14.2 Å². The summed E-state index contributed by atoms with van der Waals surface area (Å²) in [5, 5.41) is 0. The molecular formula is C33H32BrN3O6S. The van der Waals surface area contributed by atoms with E-state index in [1.165, 1.54) is 11.3 Å². The van der Waals surface area contributed by atoms with Gasteiger partial charge in [0.1, 0.15) is 5.75 Å². The lowest BCUT2D eigenvalue weighted by atomic mass is 9.96. The summed E-state index contributed by atoms with van der Waals surface area (Å²) in [4.78, 5) is 44.6. The Morgan fingerprint density at radius 2 is 1.68 bits per heavy atom. The van der Waals surface area contributed by atoms with Crippen molar-refractivity contribution in [2.45, 2.75) is 40.7 Å². The first-order valence-electron chi connectivity index (χ1n) is 14.1. The second kappa shape index (κ2) is 12.8. The van der Waals surface area contributed by atoms with Gasteiger partial charge in [-0.2, -0.15) is 0 Å². The molecule has 44 heavy (non-hydrogen) atoms. The predicted octanol–water partition coefficient (Wildman–Crippen LogP) is 5.15. The summed E-state index contributed by atoms with van der Waals surface area (Å²) in [6.07, 6.45) is 1.86. The van der Waals surface area contributed by atoms with Gasteiger partial charge in [0.25, 0.3) is 5.56 Å². The molecular weight excluding hydrogens is 646 g/mol. The summed E-state index contributed by atoms with van der Waals surface area (Å²) in [5.74, 6) is -0.249. The van der Waals surface area contributed by atoms with Crippen LogP contribution >= 0.6 is 27.3 Å². The van der Waals surface area contributed by atoms with Crippen LogP contribution in [0.15, 0.2) is 74.1 Å². The zero-order valence-corrected chi connectivity index (χ0v) is 27.7. The Morgan fingerprint density at radius 1 is 1.00 bits per heavy atom. The van der Waals surface area contributed by atoms with Gasteiger partial charge in [-0.25, -0.2) is 14.6 Å². The molecule has 4 aromatic rings. The first kappa shape index (κ1) is 31.2. The molecule has 3 heterocycles. The summed E-state index contributed by atoms with van der Waals surface area (Å²) in [7, 11) is 1.58. The third-order valence-electron chi connectivity index (χ3n) is 7.40. The molecule has 0 saturated carbocycles. The standard InChI is InChI=1S/C33H32BrN3O6S/c1-7-42-31(39)21-9-12-24(13-10-21)36-18(3)15-23(20(36)5)17-27-30(38)37-29(22-11-14-26(41-6)25(34)16-22)28(32(40)43-8-2)19(4)35-33(37)44-27/h9-17,29H,7-8H2,1-6H3/b27-17+/t29-/m0/s1. The second-order valence-corrected chi connectivity index (χ2v) is 12.0. The van der Waals surface area contributed by atoms with E-state index in [9.17, 15) is 14.4 Å². The molecule has 11 heteroatoms. The molecule has 0 unspecified atom stereocenters. The molecule has 0 N–H and O–H groups in total. The van der Waals surface area contributed by atoms with Crippen molar-refractivity contribution in [3.8, 4) is 11.4 Å². The topological polar surface area (TPSA) is 101 Å². The number of nitrogens with zero attached hydrogens (tertiary/aromatic N) is 3. The zero-order chi connectivity index (χ0) is 31.7. The van der Waals surface area contributed by atoms with E-state index in [0.29, 0.717) is 48.6 Å². The maximum Gasteiger partial charge on any atom is 0.338 e. The molecule has 228 valence electrons. The number of thiazole rings is 1. The van der Waals surface area contributed by atoms with Gasteiger partial charge in [0.05, 0.1) is 52.2 Å². The molecule has 2 aromatic heterocycles. The van der Waals surface area contributed by atoms with E-state index in [0.717, 1.165) is 22.6 Å². The lowest BCUT2D eigenvalue weighted by Gasteiger charge is -2.25. The molecule has 0 aliphatic carbocycles. The molecule has 9 nitrogen and oxygen atoms in total. The summed E-state index contributed by atoms with van der Waals surface area (Å²) in [6, 6.07) is 14.0. The van der Waals surface area contributed by atoms with Crippen LogP contribution < -0.4 is 19.6 Å². The monoisotopic (exact) mass is 677 g/mol. The van der Waals surface area contributed by atoms with E-state index in [-0.39, 0.29) is 18.1 Å². The molecule has 0 spiro atoms. The van der Waals surface area contributed by atoms with Gasteiger partial charge in [0.2, 0.25) is 0 Å². The number of carbonyl (C=O) groups is 2. The minimum absolute atomic E-state index is 0.195. The van der Waals surface area contributed by atoms with Crippen LogP contribution in [0.4, 0.5) is 0 Å². The average Bonchev–Trinajstić information content (AvgIpc) is 3.45. The number of ether oxygens (including phenoxy) is 3. The van der Waals surface area contributed by atoms with Crippen molar-refractivity contribution >= 4 is 45.3 Å². The van der Waals surface area contributed by atoms with Crippen LogP contribution in [-0.4, -0.2) is 41.4 Å². The molecule has 0 radical (unpaired) electrons. The van der Waals surface area contributed by atoms with Gasteiger partial charge in [-0.3, -0.25) is 9.36 Å². The Kier molecular flexibility index (Phi) is 9.07. The van der Waals surface area contributed by atoms with Crippen LogP contribution in [-0.2, 0) is 14.3 Å². The lowest BCUT2D eigenvalue weighted by molar-refractivity contribution is -0.139. The van der Waals surface area contributed by atoms with E-state index in [1.807, 2.05) is 50.3 Å². The number of hydrogen-bond acceptors (Lipinski definition) is 8. The minimum Gasteiger partial charge on any atom is -0.496 e. The van der Waals surface area contributed by atoms with E-state index in [1.54, 1.807) is 50.6 Å². The van der Waals surface area contributed by atoms with Gasteiger partial charge in [0.15, 0.2) is 4.80 Å². The van der Waals surface area contributed by atoms with Crippen LogP contribution in [0.2, 0.25) is 0 Å². The maximum atomic E-state index is 14.1. The molecule has 1 aliphatic heterocycles. The van der Waals surface area contributed by atoms with E-state index in [2.05, 4.69) is 25.5 Å². The highest BCUT2D eigenvalue weighted by Crippen LogP contribution is 2.35. The van der Waals surface area contributed by atoms with E-state index >= 15 is 0 Å². The third-order valence-corrected chi connectivity index (χ3v) is 9.00. The fraction of sp³-hybridized carbons (Fsp3) is 0.273. The minimum atomic E-state index is -0.736. The summed E-state index contributed by atoms with van der Waals surface area (Å²) >= 11 is 4.81. The van der Waals surface area contributed by atoms with Crippen molar-refractivity contribution in [3.05, 3.63) is 112 Å². The van der Waals surface area contributed by atoms with Gasteiger partial charge in [-0.05, 0) is 110 Å². The number of carbonyl (C=O) groups excluding carboxylic acids is 2. The third kappa shape index (κ3) is 5.69. The first-order chi connectivity index (χ1) is 21.1. The van der Waals surface area contributed by atoms with Crippen LogP contribution in [0, 0.1) is 13.8 Å². The Bertz CT molecular complexity index is 1980. The van der Waals surface area contributed by atoms with Crippen molar-refractivity contribution in [1.29, 1.82) is 0 Å². The molecule has 0 saturated heterocycles. The normalized spacial score (nSPS) is 14.7. The van der Waals surface area contributed by atoms with Crippen molar-refractivity contribution in [2.24, 2.45) is 4.99 Å². The maximum absolute atomic E-state index is 14.1. The largest absolute Gasteiger partial charge is 0.496 e. The number of fused-ring (bicyclic) bond motifs is 1. The van der Waals surface area contributed by atoms with Crippen LogP contribution in [0.1, 0.15) is 59.7 Å². The number of benzene rings is 2. The van der Waals surface area contributed by atoms with Crippen LogP contribution in [0.25, 0.3) is 11.8 Å². The quantitative estimate of drug-likeness (QED) is 0.239. The number of rotatable bonds is 8. The van der Waals surface area contributed by atoms with Gasteiger partial charge in [0, 0.05) is 17.1 Å². The molecule has 0 amide bonds. The number of methoxy groups -OCH3 is 1. The molecule has 1 atom stereocenters. The number of aromatic nitrogens is 2. The predicted molar refractivity (Wildman–Crippen MR) is 172 cm³/mol. The zero-order valence-electron chi connectivity index (χ0n) is 25.3. The highest BCUT2D eigenvalue weighted by atomic mass is 79.9. The highest BCUT2D eigenvalue weighted by Gasteiger charge is 2.33. The first-order valence-corrected chi connectivity index (χ1v) is 15.7. The molecule has 0 fully saturated rings. The fourth-order valence-corrected chi connectivity index (χ4v) is 6.99. The number of esters is 2. The van der Waals surface area contributed by atoms with Crippen molar-refractivity contribution in [2.75, 3.05) is 20.3 Å². The molecule has 0 bridgehead atoms. The fourth-order valence-electron chi connectivity index (χ4n) is 5.39. The van der Waals surface area contributed by atoms with Crippen molar-refractivity contribution < 1.29 is 23.8 Å². The molecule has 5 rings (SSSR count). The molecule has 1 aliphatic rings. The Labute approximate surface area is 266 Å². The SMILES string of the molecule is CCOC(=O)C1=C(C)N=c2s/c(=C/c3cc(C)n(-c4ccc(C(=O)OCC)cc4)c3C)c(=O)n2[C@H]1c1ccc(OC)c(Br)c1. The summed E-state index contributed by atoms with van der Waals surface area (Å²) in [6.45, 7) is 9.75. The van der Waals surface area contributed by atoms with Crippen LogP contribution in [0.3, 0.4) is 0 Å². The highest BCUT2D eigenvalue weighted by molar-refractivity contribution is 9.10. The van der Waals surface area contributed by atoms with Gasteiger partial charge < -0.3 is 18.8 Å². The van der Waals surface area contributed by atoms with E-state index < -0.39 is 12.0 Å². The number of halogens is 1. The lowest BCUT2D eigenvalue weighted by Crippen LogP contribution is -2.40. The second-order valence-electron chi connectivity index (χ2n) is 10.1. The number of hydrogen-bond donors (Lipinski definition) is 0. The Hall–Kier alpha value is -4.22.